The summed E-state index contributed by atoms with van der Waals surface area (Å²) in [5.74, 6) is 0.533. The van der Waals surface area contributed by atoms with Gasteiger partial charge in [-0.3, -0.25) is 14.6 Å². The summed E-state index contributed by atoms with van der Waals surface area (Å²) in [6, 6.07) is 7.33. The first kappa shape index (κ1) is 20.8. The molecule has 1 aliphatic rings. The number of carbonyl (C=O) groups excluding carboxylic acids is 1. The summed E-state index contributed by atoms with van der Waals surface area (Å²) >= 11 is 15.0. The van der Waals surface area contributed by atoms with E-state index in [0.717, 1.165) is 35.6 Å². The molecule has 0 saturated carbocycles. The Labute approximate surface area is 186 Å². The number of methoxy groups -OCH3 is 1. The minimum Gasteiger partial charge on any atom is -0.497 e. The van der Waals surface area contributed by atoms with Gasteiger partial charge in [-0.25, -0.2) is 4.98 Å². The van der Waals surface area contributed by atoms with Crippen LogP contribution >= 0.6 is 45.9 Å². The van der Waals surface area contributed by atoms with Crippen molar-refractivity contribution in [3.05, 3.63) is 38.5 Å². The van der Waals surface area contributed by atoms with Crippen molar-refractivity contribution in [2.24, 2.45) is 0 Å². The van der Waals surface area contributed by atoms with Gasteiger partial charge in [0.15, 0.2) is 5.13 Å². The van der Waals surface area contributed by atoms with Crippen LogP contribution in [0.1, 0.15) is 10.4 Å². The Kier molecular flexibility index (Phi) is 6.58. The predicted octanol–water partition coefficient (Wildman–Crippen LogP) is 4.65. The van der Waals surface area contributed by atoms with E-state index in [1.54, 1.807) is 18.1 Å². The molecule has 2 aromatic heterocycles. The van der Waals surface area contributed by atoms with Gasteiger partial charge in [-0.05, 0) is 18.2 Å². The van der Waals surface area contributed by atoms with E-state index in [-0.39, 0.29) is 5.91 Å². The van der Waals surface area contributed by atoms with Gasteiger partial charge < -0.3 is 9.47 Å². The van der Waals surface area contributed by atoms with Crippen molar-refractivity contribution in [2.75, 3.05) is 51.4 Å². The van der Waals surface area contributed by atoms with E-state index in [4.69, 9.17) is 37.7 Å². The van der Waals surface area contributed by atoms with Crippen molar-refractivity contribution >= 4 is 67.1 Å². The Hall–Kier alpha value is -1.42. The number of nitrogens with zero attached hydrogens (tertiary/aromatic N) is 3. The number of anilines is 1. The molecule has 10 heteroatoms. The second kappa shape index (κ2) is 9.16. The maximum atomic E-state index is 13.3. The summed E-state index contributed by atoms with van der Waals surface area (Å²) in [7, 11) is 1.62. The number of hydrogen-bond acceptors (Lipinski definition) is 7. The molecule has 0 unspecified atom stereocenters. The molecule has 0 bridgehead atoms. The Balaban J connectivity index is 1.65. The number of halogens is 2. The summed E-state index contributed by atoms with van der Waals surface area (Å²) in [5.41, 5.74) is 1.20. The highest BCUT2D eigenvalue weighted by Gasteiger charge is 2.26. The Morgan fingerprint density at radius 1 is 1.28 bits per heavy atom. The van der Waals surface area contributed by atoms with E-state index in [9.17, 15) is 4.79 Å². The van der Waals surface area contributed by atoms with E-state index in [1.165, 1.54) is 22.7 Å². The van der Waals surface area contributed by atoms with Gasteiger partial charge in [0, 0.05) is 32.2 Å². The second-order valence-corrected chi connectivity index (χ2v) is 9.77. The molecule has 4 rings (SSSR count). The molecule has 0 aliphatic carbocycles. The normalized spacial score (nSPS) is 15.0. The first-order valence-corrected chi connectivity index (χ1v) is 11.5. The third-order valence-electron chi connectivity index (χ3n) is 4.69. The van der Waals surface area contributed by atoms with E-state index in [1.807, 2.05) is 18.2 Å². The number of hydrogen-bond donors (Lipinski definition) is 0. The number of thiophene rings is 1. The van der Waals surface area contributed by atoms with Crippen molar-refractivity contribution in [3.8, 4) is 5.75 Å². The standard InChI is InChI=1S/C19H19Cl2N3O3S2/c1-26-12-2-3-15-14(10-12)22-19(28-15)24(5-4-23-6-8-27-9-7-23)18(25)13-11-16(20)29-17(13)21/h2-3,10-11H,4-9H2,1H3. The number of thiazole rings is 1. The number of carbonyl (C=O) groups is 1. The number of benzene rings is 1. The van der Waals surface area contributed by atoms with Crippen LogP contribution in [0.15, 0.2) is 24.3 Å². The number of ether oxygens (including phenoxy) is 2. The van der Waals surface area contributed by atoms with Gasteiger partial charge in [-0.15, -0.1) is 11.3 Å². The molecule has 1 amide bonds. The second-order valence-electron chi connectivity index (χ2n) is 6.48. The predicted molar refractivity (Wildman–Crippen MR) is 119 cm³/mol. The molecule has 0 atom stereocenters. The highest BCUT2D eigenvalue weighted by atomic mass is 35.5. The van der Waals surface area contributed by atoms with Crippen LogP contribution in [-0.2, 0) is 4.74 Å². The zero-order valence-corrected chi connectivity index (χ0v) is 18.8. The summed E-state index contributed by atoms with van der Waals surface area (Å²) in [6.07, 6.45) is 0. The molecular weight excluding hydrogens is 453 g/mol. The number of rotatable bonds is 6. The molecule has 1 aromatic carbocycles. The third-order valence-corrected chi connectivity index (χ3v) is 7.24. The average Bonchev–Trinajstić information content (AvgIpc) is 3.30. The van der Waals surface area contributed by atoms with Crippen molar-refractivity contribution < 1.29 is 14.3 Å². The zero-order chi connectivity index (χ0) is 20.4. The fourth-order valence-corrected chi connectivity index (χ4v) is 5.54. The highest BCUT2D eigenvalue weighted by Crippen LogP contribution is 2.35. The molecule has 1 aliphatic heterocycles. The van der Waals surface area contributed by atoms with Gasteiger partial charge in [-0.1, -0.05) is 34.5 Å². The lowest BCUT2D eigenvalue weighted by Gasteiger charge is -2.29. The van der Waals surface area contributed by atoms with Crippen LogP contribution in [0.2, 0.25) is 8.67 Å². The summed E-state index contributed by atoms with van der Waals surface area (Å²) in [6.45, 7) is 4.35. The molecule has 0 spiro atoms. The lowest BCUT2D eigenvalue weighted by atomic mass is 10.3. The molecule has 0 radical (unpaired) electrons. The Bertz CT molecular complexity index is 1020. The number of amides is 1. The maximum Gasteiger partial charge on any atom is 0.262 e. The van der Waals surface area contributed by atoms with Crippen molar-refractivity contribution in [1.82, 2.24) is 9.88 Å². The number of aromatic nitrogens is 1. The first-order chi connectivity index (χ1) is 14.0. The van der Waals surface area contributed by atoms with Crippen LogP contribution in [0.4, 0.5) is 5.13 Å². The lowest BCUT2D eigenvalue weighted by Crippen LogP contribution is -2.43. The number of morpholine rings is 1. The fourth-order valence-electron chi connectivity index (χ4n) is 3.12. The van der Waals surface area contributed by atoms with E-state index >= 15 is 0 Å². The van der Waals surface area contributed by atoms with Crippen molar-refractivity contribution in [3.63, 3.8) is 0 Å². The van der Waals surface area contributed by atoms with Gasteiger partial charge in [0.25, 0.3) is 5.91 Å². The molecule has 6 nitrogen and oxygen atoms in total. The average molecular weight is 472 g/mol. The quantitative estimate of drug-likeness (QED) is 0.523. The van der Waals surface area contributed by atoms with E-state index in [0.29, 0.717) is 39.1 Å². The Morgan fingerprint density at radius 3 is 2.76 bits per heavy atom. The molecule has 0 N–H and O–H groups in total. The van der Waals surface area contributed by atoms with Crippen LogP contribution < -0.4 is 9.64 Å². The minimum atomic E-state index is -0.197. The Morgan fingerprint density at radius 2 is 2.07 bits per heavy atom. The number of fused-ring (bicyclic) bond motifs is 1. The van der Waals surface area contributed by atoms with E-state index in [2.05, 4.69) is 4.90 Å². The topological polar surface area (TPSA) is 54.9 Å². The maximum absolute atomic E-state index is 13.3. The van der Waals surface area contributed by atoms with Gasteiger partial charge in [0.1, 0.15) is 10.1 Å². The van der Waals surface area contributed by atoms with Gasteiger partial charge in [0.2, 0.25) is 0 Å². The summed E-state index contributed by atoms with van der Waals surface area (Å²) in [4.78, 5) is 22.0. The van der Waals surface area contributed by atoms with Crippen LogP contribution in [-0.4, -0.2) is 62.3 Å². The van der Waals surface area contributed by atoms with Crippen LogP contribution in [0, 0.1) is 0 Å². The molecule has 1 saturated heterocycles. The van der Waals surface area contributed by atoms with Crippen LogP contribution in [0.25, 0.3) is 10.2 Å². The third kappa shape index (κ3) is 4.68. The molecule has 154 valence electrons. The van der Waals surface area contributed by atoms with Crippen LogP contribution in [0.5, 0.6) is 5.75 Å². The minimum absolute atomic E-state index is 0.197. The largest absolute Gasteiger partial charge is 0.497 e. The molecule has 29 heavy (non-hydrogen) atoms. The van der Waals surface area contributed by atoms with Gasteiger partial charge in [-0.2, -0.15) is 0 Å². The molecular formula is C19H19Cl2N3O3S2. The van der Waals surface area contributed by atoms with Crippen molar-refractivity contribution in [2.45, 2.75) is 0 Å². The lowest BCUT2D eigenvalue weighted by molar-refractivity contribution is 0.0391. The molecule has 1 fully saturated rings. The fraction of sp³-hybridized carbons (Fsp3) is 0.368. The SMILES string of the molecule is COc1ccc2sc(N(CCN3CCOCC3)C(=O)c3cc(Cl)sc3Cl)nc2c1. The van der Waals surface area contributed by atoms with E-state index < -0.39 is 0 Å². The highest BCUT2D eigenvalue weighted by molar-refractivity contribution is 7.22. The monoisotopic (exact) mass is 471 g/mol. The molecule has 3 heterocycles. The zero-order valence-electron chi connectivity index (χ0n) is 15.7. The first-order valence-electron chi connectivity index (χ1n) is 9.06. The smallest absolute Gasteiger partial charge is 0.262 e. The van der Waals surface area contributed by atoms with Crippen molar-refractivity contribution in [1.29, 1.82) is 0 Å². The summed E-state index contributed by atoms with van der Waals surface area (Å²) < 4.78 is 12.6. The van der Waals surface area contributed by atoms with Gasteiger partial charge >= 0.3 is 0 Å². The van der Waals surface area contributed by atoms with Crippen LogP contribution in [0.3, 0.4) is 0 Å². The van der Waals surface area contributed by atoms with Gasteiger partial charge in [0.05, 0.1) is 40.4 Å². The molecule has 3 aromatic rings. The summed E-state index contributed by atoms with van der Waals surface area (Å²) in [5, 5.41) is 0.630.